The summed E-state index contributed by atoms with van der Waals surface area (Å²) in [6.45, 7) is 0. The van der Waals surface area contributed by atoms with Gasteiger partial charge in [0.05, 0.1) is 0 Å². The SMILES string of the molecule is Fc1cccc(CSc2n[nH]c(C(F)(F)F)n2)c1. The Balaban J connectivity index is 2.01. The van der Waals surface area contributed by atoms with E-state index in [4.69, 9.17) is 0 Å². The van der Waals surface area contributed by atoms with E-state index in [9.17, 15) is 17.6 Å². The van der Waals surface area contributed by atoms with Crippen molar-refractivity contribution in [1.82, 2.24) is 15.2 Å². The van der Waals surface area contributed by atoms with E-state index in [1.807, 2.05) is 5.10 Å². The zero-order valence-electron chi connectivity index (χ0n) is 8.83. The van der Waals surface area contributed by atoms with Crippen molar-refractivity contribution < 1.29 is 17.6 Å². The van der Waals surface area contributed by atoms with Crippen molar-refractivity contribution in [3.63, 3.8) is 0 Å². The summed E-state index contributed by atoms with van der Waals surface area (Å²) in [5, 5.41) is 5.22. The van der Waals surface area contributed by atoms with Gasteiger partial charge in [-0.3, -0.25) is 5.10 Å². The first-order chi connectivity index (χ1) is 8.45. The van der Waals surface area contributed by atoms with Crippen molar-refractivity contribution in [2.24, 2.45) is 0 Å². The summed E-state index contributed by atoms with van der Waals surface area (Å²) < 4.78 is 49.5. The number of aromatic amines is 1. The molecular weight excluding hydrogens is 270 g/mol. The van der Waals surface area contributed by atoms with Crippen LogP contribution < -0.4 is 0 Å². The Morgan fingerprint density at radius 2 is 2.06 bits per heavy atom. The molecule has 8 heteroatoms. The minimum absolute atomic E-state index is 0.0217. The second kappa shape index (κ2) is 4.97. The molecule has 0 fully saturated rings. The van der Waals surface area contributed by atoms with Gasteiger partial charge in [-0.25, -0.2) is 4.39 Å². The monoisotopic (exact) mass is 277 g/mol. The van der Waals surface area contributed by atoms with Gasteiger partial charge in [-0.1, -0.05) is 23.9 Å². The normalized spacial score (nSPS) is 11.8. The van der Waals surface area contributed by atoms with Gasteiger partial charge in [0.1, 0.15) is 5.82 Å². The predicted octanol–water partition coefficient (Wildman–Crippen LogP) is 3.25. The van der Waals surface area contributed by atoms with Crippen LogP contribution in [0.5, 0.6) is 0 Å². The number of hydrogen-bond acceptors (Lipinski definition) is 3. The predicted molar refractivity (Wildman–Crippen MR) is 57.3 cm³/mol. The maximum absolute atomic E-state index is 12.9. The van der Waals surface area contributed by atoms with E-state index in [0.29, 0.717) is 11.3 Å². The molecule has 0 aliphatic heterocycles. The zero-order chi connectivity index (χ0) is 13.2. The van der Waals surface area contributed by atoms with Crippen LogP contribution in [0.3, 0.4) is 0 Å². The molecule has 0 saturated carbocycles. The Morgan fingerprint density at radius 1 is 1.28 bits per heavy atom. The molecule has 0 amide bonds. The third-order valence-corrected chi connectivity index (χ3v) is 2.91. The van der Waals surface area contributed by atoms with Gasteiger partial charge < -0.3 is 0 Å². The van der Waals surface area contributed by atoms with Crippen LogP contribution in [0.1, 0.15) is 11.4 Å². The van der Waals surface area contributed by atoms with Gasteiger partial charge in [-0.15, -0.1) is 5.10 Å². The summed E-state index contributed by atoms with van der Waals surface area (Å²) in [6, 6.07) is 5.81. The first-order valence-electron chi connectivity index (χ1n) is 4.82. The van der Waals surface area contributed by atoms with Crippen LogP contribution in [0.25, 0.3) is 0 Å². The van der Waals surface area contributed by atoms with Crippen molar-refractivity contribution in [2.45, 2.75) is 17.1 Å². The summed E-state index contributed by atoms with van der Waals surface area (Å²) in [6.07, 6.45) is -4.54. The summed E-state index contributed by atoms with van der Waals surface area (Å²) in [4.78, 5) is 3.30. The lowest BCUT2D eigenvalue weighted by Crippen LogP contribution is -2.07. The van der Waals surface area contributed by atoms with E-state index in [1.165, 1.54) is 18.2 Å². The molecule has 3 nitrogen and oxygen atoms in total. The van der Waals surface area contributed by atoms with E-state index >= 15 is 0 Å². The van der Waals surface area contributed by atoms with Gasteiger partial charge >= 0.3 is 6.18 Å². The molecule has 0 atom stereocenters. The third kappa shape index (κ3) is 3.22. The van der Waals surface area contributed by atoms with Crippen molar-refractivity contribution in [1.29, 1.82) is 0 Å². The zero-order valence-corrected chi connectivity index (χ0v) is 9.65. The van der Waals surface area contributed by atoms with Crippen molar-refractivity contribution in [3.8, 4) is 0 Å². The lowest BCUT2D eigenvalue weighted by Gasteiger charge is -1.99. The van der Waals surface area contributed by atoms with Gasteiger partial charge in [0.15, 0.2) is 0 Å². The number of alkyl halides is 3. The van der Waals surface area contributed by atoms with Crippen LogP contribution >= 0.6 is 11.8 Å². The number of hydrogen-bond donors (Lipinski definition) is 1. The number of nitrogens with zero attached hydrogens (tertiary/aromatic N) is 2. The smallest absolute Gasteiger partial charge is 0.254 e. The molecule has 0 saturated heterocycles. The van der Waals surface area contributed by atoms with E-state index < -0.39 is 12.0 Å². The standard InChI is InChI=1S/C10H7F4N3S/c11-7-3-1-2-6(4-7)5-18-9-15-8(16-17-9)10(12,13)14/h1-4H,5H2,(H,15,16,17). The minimum atomic E-state index is -4.54. The van der Waals surface area contributed by atoms with Gasteiger partial charge in [0, 0.05) is 5.75 Å². The second-order valence-corrected chi connectivity index (χ2v) is 4.33. The number of benzene rings is 1. The molecule has 2 rings (SSSR count). The van der Waals surface area contributed by atoms with E-state index in [0.717, 1.165) is 11.8 Å². The summed E-state index contributed by atoms with van der Waals surface area (Å²) in [7, 11) is 0. The second-order valence-electron chi connectivity index (χ2n) is 3.38. The van der Waals surface area contributed by atoms with Crippen molar-refractivity contribution in [2.75, 3.05) is 0 Å². The quantitative estimate of drug-likeness (QED) is 0.691. The molecule has 0 bridgehead atoms. The lowest BCUT2D eigenvalue weighted by atomic mass is 10.2. The van der Waals surface area contributed by atoms with Gasteiger partial charge in [-0.05, 0) is 17.7 Å². The van der Waals surface area contributed by atoms with Crippen LogP contribution in [0.2, 0.25) is 0 Å². The highest BCUT2D eigenvalue weighted by Crippen LogP contribution is 2.28. The molecule has 0 aliphatic rings. The fourth-order valence-corrected chi connectivity index (χ4v) is 1.95. The molecule has 1 heterocycles. The fourth-order valence-electron chi connectivity index (χ4n) is 1.21. The first-order valence-corrected chi connectivity index (χ1v) is 5.80. The highest BCUT2D eigenvalue weighted by atomic mass is 32.2. The Labute approximate surface area is 104 Å². The Bertz CT molecular complexity index is 538. The molecule has 0 unspecified atom stereocenters. The molecule has 1 aromatic carbocycles. The summed E-state index contributed by atoms with van der Waals surface area (Å²) >= 11 is 0.999. The van der Waals surface area contributed by atoms with Crippen molar-refractivity contribution in [3.05, 3.63) is 41.5 Å². The number of halogens is 4. The first kappa shape index (κ1) is 12.9. The molecule has 0 aliphatic carbocycles. The fraction of sp³-hybridized carbons (Fsp3) is 0.200. The largest absolute Gasteiger partial charge is 0.451 e. The topological polar surface area (TPSA) is 41.6 Å². The average molecular weight is 277 g/mol. The Hall–Kier alpha value is -1.57. The van der Waals surface area contributed by atoms with Gasteiger partial charge in [0.25, 0.3) is 0 Å². The van der Waals surface area contributed by atoms with Crippen LogP contribution in [0.4, 0.5) is 17.6 Å². The number of rotatable bonds is 3. The summed E-state index contributed by atoms with van der Waals surface area (Å²) in [5.74, 6) is -1.23. The molecular formula is C10H7F4N3S. The number of nitrogens with one attached hydrogen (secondary N) is 1. The van der Waals surface area contributed by atoms with E-state index in [-0.39, 0.29) is 11.0 Å². The molecule has 0 spiro atoms. The van der Waals surface area contributed by atoms with E-state index in [2.05, 4.69) is 10.1 Å². The van der Waals surface area contributed by atoms with Crippen LogP contribution in [-0.2, 0) is 11.9 Å². The maximum Gasteiger partial charge on any atom is 0.451 e. The van der Waals surface area contributed by atoms with Gasteiger partial charge in [-0.2, -0.15) is 18.2 Å². The molecule has 96 valence electrons. The Kier molecular flexibility index (Phi) is 3.55. The van der Waals surface area contributed by atoms with Crippen LogP contribution in [-0.4, -0.2) is 15.2 Å². The van der Waals surface area contributed by atoms with E-state index in [1.54, 1.807) is 6.07 Å². The summed E-state index contributed by atoms with van der Waals surface area (Å²) in [5.41, 5.74) is 0.651. The number of H-pyrrole nitrogens is 1. The third-order valence-electron chi connectivity index (χ3n) is 1.99. The number of aromatic nitrogens is 3. The van der Waals surface area contributed by atoms with Crippen LogP contribution in [0.15, 0.2) is 29.4 Å². The van der Waals surface area contributed by atoms with Crippen molar-refractivity contribution >= 4 is 11.8 Å². The molecule has 0 radical (unpaired) electrons. The highest BCUT2D eigenvalue weighted by molar-refractivity contribution is 7.98. The van der Waals surface area contributed by atoms with Crippen LogP contribution in [0, 0.1) is 5.82 Å². The average Bonchev–Trinajstić information content (AvgIpc) is 2.74. The maximum atomic E-state index is 12.9. The highest BCUT2D eigenvalue weighted by Gasteiger charge is 2.35. The number of thioether (sulfide) groups is 1. The Morgan fingerprint density at radius 3 is 2.67 bits per heavy atom. The lowest BCUT2D eigenvalue weighted by molar-refractivity contribution is -0.144. The minimum Gasteiger partial charge on any atom is -0.254 e. The molecule has 1 N–H and O–H groups in total. The molecule has 1 aromatic heterocycles. The molecule has 2 aromatic rings. The van der Waals surface area contributed by atoms with Gasteiger partial charge in [0.2, 0.25) is 11.0 Å². The molecule has 18 heavy (non-hydrogen) atoms.